The molecule has 14 heteroatoms. The first-order valence-electron chi connectivity index (χ1n) is 19.3. The number of benzene rings is 1. The zero-order valence-electron chi connectivity index (χ0n) is 32.4. The van der Waals surface area contributed by atoms with Crippen molar-refractivity contribution in [2.24, 2.45) is 23.2 Å². The van der Waals surface area contributed by atoms with Crippen molar-refractivity contribution in [1.29, 1.82) is 0 Å². The van der Waals surface area contributed by atoms with E-state index in [1.54, 1.807) is 23.1 Å². The molecule has 1 saturated carbocycles. The summed E-state index contributed by atoms with van der Waals surface area (Å²) in [6.45, 7) is 16.1. The van der Waals surface area contributed by atoms with Crippen LogP contribution in [-0.4, -0.2) is 96.4 Å². The number of aliphatic hydroxyl groups excluding tert-OH is 1. The number of fused-ring (bicyclic) bond motifs is 1. The standard InChI is InChI=1S/C39H62N6O7S/c1-8-15-29(34(46)36(48)40-21-9-2)41-35(47)33-28(25(3)4)20-22-45(33)37(49)32(26-16-11-10-12-17-26)43-38(50)42-31(39(5,6)7)24-44-23-27-18-13-14-19-30(27)53(44,51)52/h9,13-14,18-19,25-26,28-29,31-34,46H,2,8,10-12,15-17,20-24H2,1,3-7H3,(H,40,48)(H,41,47)(H2,42,43,50)/t28-,29?,31-,32+,33+,34?/m1/s1. The highest BCUT2D eigenvalue weighted by Crippen LogP contribution is 2.35. The summed E-state index contributed by atoms with van der Waals surface area (Å²) < 4.78 is 28.2. The van der Waals surface area contributed by atoms with Crippen molar-refractivity contribution >= 4 is 33.8 Å². The van der Waals surface area contributed by atoms with Crippen molar-refractivity contribution in [3.05, 3.63) is 42.5 Å². The summed E-state index contributed by atoms with van der Waals surface area (Å²) in [4.78, 5) is 57.3. The summed E-state index contributed by atoms with van der Waals surface area (Å²) in [5, 5.41) is 22.4. The zero-order valence-corrected chi connectivity index (χ0v) is 33.2. The van der Waals surface area contributed by atoms with Gasteiger partial charge < -0.3 is 31.3 Å². The van der Waals surface area contributed by atoms with Crippen LogP contribution in [-0.2, 0) is 31.0 Å². The van der Waals surface area contributed by atoms with Gasteiger partial charge in [-0.25, -0.2) is 13.2 Å². The number of carbonyl (C=O) groups is 4. The quantitative estimate of drug-likeness (QED) is 0.170. The van der Waals surface area contributed by atoms with E-state index in [0.717, 1.165) is 32.1 Å². The molecule has 1 saturated heterocycles. The minimum atomic E-state index is -3.73. The summed E-state index contributed by atoms with van der Waals surface area (Å²) in [6.07, 6.45) is 5.92. The molecule has 0 aromatic heterocycles. The lowest BCUT2D eigenvalue weighted by molar-refractivity contribution is -0.143. The molecule has 2 unspecified atom stereocenters. The van der Waals surface area contributed by atoms with Crippen molar-refractivity contribution in [1.82, 2.24) is 30.5 Å². The van der Waals surface area contributed by atoms with E-state index in [0.29, 0.717) is 31.4 Å². The van der Waals surface area contributed by atoms with Gasteiger partial charge in [-0.1, -0.05) is 91.5 Å². The molecule has 5 amide bonds. The van der Waals surface area contributed by atoms with Crippen LogP contribution < -0.4 is 21.3 Å². The molecule has 5 N–H and O–H groups in total. The van der Waals surface area contributed by atoms with Crippen LogP contribution in [0.15, 0.2) is 41.8 Å². The van der Waals surface area contributed by atoms with Gasteiger partial charge in [-0.15, -0.1) is 6.58 Å². The molecular formula is C39H62N6O7S. The summed E-state index contributed by atoms with van der Waals surface area (Å²) in [7, 11) is -3.73. The van der Waals surface area contributed by atoms with E-state index in [-0.39, 0.29) is 48.2 Å². The number of sulfonamides is 1. The number of hydrogen-bond donors (Lipinski definition) is 5. The highest BCUT2D eigenvalue weighted by Gasteiger charge is 2.47. The molecule has 13 nitrogen and oxygen atoms in total. The number of urea groups is 1. The molecular weight excluding hydrogens is 697 g/mol. The Balaban J connectivity index is 1.56. The van der Waals surface area contributed by atoms with Gasteiger partial charge >= 0.3 is 6.03 Å². The molecule has 2 fully saturated rings. The molecule has 6 atom stereocenters. The first kappa shape index (κ1) is 42.3. The number of rotatable bonds is 15. The maximum absolute atomic E-state index is 14.7. The van der Waals surface area contributed by atoms with E-state index < -0.39 is 63.6 Å². The Hall–Kier alpha value is -3.49. The molecule has 0 spiro atoms. The largest absolute Gasteiger partial charge is 0.381 e. The van der Waals surface area contributed by atoms with Crippen LogP contribution in [0.5, 0.6) is 0 Å². The number of nitrogens with zero attached hydrogens (tertiary/aromatic N) is 2. The van der Waals surface area contributed by atoms with Gasteiger partial charge in [0.15, 0.2) is 6.10 Å². The van der Waals surface area contributed by atoms with Gasteiger partial charge in [0.2, 0.25) is 21.8 Å². The third kappa shape index (κ3) is 10.2. The van der Waals surface area contributed by atoms with Crippen LogP contribution in [0, 0.1) is 23.2 Å². The maximum Gasteiger partial charge on any atom is 0.315 e. The molecule has 2 heterocycles. The average molecular weight is 759 g/mol. The van der Waals surface area contributed by atoms with Gasteiger partial charge in [0.1, 0.15) is 12.1 Å². The number of carbonyl (C=O) groups excluding carboxylic acids is 4. The van der Waals surface area contributed by atoms with Gasteiger partial charge in [-0.05, 0) is 60.5 Å². The smallest absolute Gasteiger partial charge is 0.315 e. The topological polar surface area (TPSA) is 177 Å². The molecule has 1 aromatic rings. The molecule has 3 aliphatic rings. The van der Waals surface area contributed by atoms with E-state index in [1.165, 1.54) is 10.4 Å². The van der Waals surface area contributed by atoms with Gasteiger partial charge in [-0.3, -0.25) is 14.4 Å². The van der Waals surface area contributed by atoms with E-state index in [1.807, 2.05) is 47.6 Å². The van der Waals surface area contributed by atoms with Crippen LogP contribution in [0.3, 0.4) is 0 Å². The normalized spacial score (nSPS) is 22.7. The number of aliphatic hydroxyl groups is 1. The highest BCUT2D eigenvalue weighted by molar-refractivity contribution is 7.89. The van der Waals surface area contributed by atoms with Crippen LogP contribution in [0.1, 0.15) is 98.5 Å². The van der Waals surface area contributed by atoms with Gasteiger partial charge in [-0.2, -0.15) is 4.31 Å². The molecule has 2 aliphatic heterocycles. The molecule has 1 aromatic carbocycles. The third-order valence-corrected chi connectivity index (χ3v) is 13.1. The van der Waals surface area contributed by atoms with Crippen molar-refractivity contribution in [3.63, 3.8) is 0 Å². The average Bonchev–Trinajstić information content (AvgIpc) is 3.67. The number of likely N-dealkylation sites (tertiary alicyclic amines) is 1. The van der Waals surface area contributed by atoms with Crippen LogP contribution in [0.2, 0.25) is 0 Å². The highest BCUT2D eigenvalue weighted by atomic mass is 32.2. The molecule has 4 rings (SSSR count). The second-order valence-corrected chi connectivity index (χ2v) is 18.3. The van der Waals surface area contributed by atoms with Crippen LogP contribution in [0.25, 0.3) is 0 Å². The lowest BCUT2D eigenvalue weighted by Gasteiger charge is -2.38. The fourth-order valence-corrected chi connectivity index (χ4v) is 9.66. The summed E-state index contributed by atoms with van der Waals surface area (Å²) >= 11 is 0. The summed E-state index contributed by atoms with van der Waals surface area (Å²) in [5.74, 6) is -1.65. The van der Waals surface area contributed by atoms with Gasteiger partial charge in [0.25, 0.3) is 5.91 Å². The second-order valence-electron chi connectivity index (χ2n) is 16.4. The first-order valence-corrected chi connectivity index (χ1v) is 20.8. The number of hydrogen-bond acceptors (Lipinski definition) is 7. The van der Waals surface area contributed by atoms with Gasteiger partial charge in [0, 0.05) is 32.2 Å². The van der Waals surface area contributed by atoms with E-state index >= 15 is 0 Å². The van der Waals surface area contributed by atoms with Gasteiger partial charge in [0.05, 0.1) is 10.9 Å². The van der Waals surface area contributed by atoms with E-state index in [2.05, 4.69) is 27.8 Å². The fraction of sp³-hybridized carbons (Fsp3) is 0.692. The Morgan fingerprint density at radius 1 is 1.02 bits per heavy atom. The molecule has 53 heavy (non-hydrogen) atoms. The Morgan fingerprint density at radius 3 is 2.30 bits per heavy atom. The Labute approximate surface area is 316 Å². The molecule has 0 bridgehead atoms. The lowest BCUT2D eigenvalue weighted by Crippen LogP contribution is -2.61. The third-order valence-electron chi connectivity index (χ3n) is 11.2. The minimum absolute atomic E-state index is 0.0524. The van der Waals surface area contributed by atoms with Crippen molar-refractivity contribution in [2.45, 2.75) is 135 Å². The summed E-state index contributed by atoms with van der Waals surface area (Å²) in [6, 6.07) is 3.12. The van der Waals surface area contributed by atoms with Crippen molar-refractivity contribution in [2.75, 3.05) is 19.6 Å². The zero-order chi connectivity index (χ0) is 39.1. The van der Waals surface area contributed by atoms with Crippen LogP contribution >= 0.6 is 0 Å². The molecule has 296 valence electrons. The fourth-order valence-electron chi connectivity index (χ4n) is 8.02. The predicted molar refractivity (Wildman–Crippen MR) is 204 cm³/mol. The first-order chi connectivity index (χ1) is 25.0. The van der Waals surface area contributed by atoms with E-state index in [4.69, 9.17) is 0 Å². The van der Waals surface area contributed by atoms with Crippen molar-refractivity contribution in [3.8, 4) is 0 Å². The number of nitrogens with one attached hydrogen (secondary N) is 4. The number of amides is 5. The maximum atomic E-state index is 14.7. The predicted octanol–water partition coefficient (Wildman–Crippen LogP) is 3.67. The second kappa shape index (κ2) is 18.2. The monoisotopic (exact) mass is 758 g/mol. The Kier molecular flexibility index (Phi) is 14.5. The lowest BCUT2D eigenvalue weighted by atomic mass is 9.82. The van der Waals surface area contributed by atoms with Crippen LogP contribution in [0.4, 0.5) is 4.79 Å². The molecule has 0 radical (unpaired) electrons. The molecule has 1 aliphatic carbocycles. The Morgan fingerprint density at radius 2 is 1.70 bits per heavy atom. The minimum Gasteiger partial charge on any atom is -0.381 e. The SMILES string of the molecule is C=CCNC(=O)C(O)C(CCC)NC(=O)[C@@H]1[C@@H](C(C)C)CCN1C(=O)[C@@H](NC(=O)N[C@H](CN1Cc2ccccc2S1(=O)=O)C(C)(C)C)C1CCCCC1. The summed E-state index contributed by atoms with van der Waals surface area (Å²) in [5.41, 5.74) is 0.180. The van der Waals surface area contributed by atoms with Crippen molar-refractivity contribution < 1.29 is 32.7 Å². The van der Waals surface area contributed by atoms with E-state index in [9.17, 15) is 32.7 Å². The Bertz CT molecular complexity index is 1570.